The highest BCUT2D eigenvalue weighted by Crippen LogP contribution is 2.30. The molecule has 2 amide bonds. The van der Waals surface area contributed by atoms with Gasteiger partial charge in [0.25, 0.3) is 5.91 Å². The Bertz CT molecular complexity index is 942. The minimum atomic E-state index is -0.578. The van der Waals surface area contributed by atoms with E-state index < -0.39 is 6.04 Å². The van der Waals surface area contributed by atoms with Gasteiger partial charge in [0, 0.05) is 38.7 Å². The zero-order valence-electron chi connectivity index (χ0n) is 18.6. The Morgan fingerprint density at radius 3 is 2.68 bits per heavy atom. The molecule has 0 radical (unpaired) electrons. The van der Waals surface area contributed by atoms with Gasteiger partial charge in [-0.2, -0.15) is 0 Å². The summed E-state index contributed by atoms with van der Waals surface area (Å²) in [6.07, 6.45) is 1.19. The molecule has 2 fully saturated rings. The van der Waals surface area contributed by atoms with E-state index in [0.29, 0.717) is 37.5 Å². The van der Waals surface area contributed by atoms with Gasteiger partial charge in [0.2, 0.25) is 5.91 Å². The molecule has 0 aliphatic carbocycles. The SMILES string of the molecule is CO[C@H]1C[C@H]2CN(C(=O)c3noc(C)c3CN(C)C)[C@@H](Cc3ccccc3)C(=O)N2C1. The third-order valence-electron chi connectivity index (χ3n) is 6.26. The van der Waals surface area contributed by atoms with Crippen LogP contribution in [0.1, 0.15) is 33.8 Å². The van der Waals surface area contributed by atoms with Crippen LogP contribution in [-0.2, 0) is 22.5 Å². The van der Waals surface area contributed by atoms with Gasteiger partial charge in [0.15, 0.2) is 5.69 Å². The van der Waals surface area contributed by atoms with Crippen LogP contribution in [-0.4, -0.2) is 84.2 Å². The number of ether oxygens (including phenoxy) is 1. The summed E-state index contributed by atoms with van der Waals surface area (Å²) in [5.41, 5.74) is 2.08. The molecule has 166 valence electrons. The Morgan fingerprint density at radius 2 is 2.00 bits per heavy atom. The first-order valence-electron chi connectivity index (χ1n) is 10.7. The van der Waals surface area contributed by atoms with Crippen LogP contribution >= 0.6 is 0 Å². The second-order valence-corrected chi connectivity index (χ2v) is 8.70. The molecule has 0 N–H and O–H groups in total. The number of fused-ring (bicyclic) bond motifs is 1. The smallest absolute Gasteiger partial charge is 0.277 e. The number of carbonyl (C=O) groups is 2. The molecule has 3 heterocycles. The van der Waals surface area contributed by atoms with E-state index in [9.17, 15) is 9.59 Å². The lowest BCUT2D eigenvalue weighted by Crippen LogP contribution is -2.62. The Balaban J connectivity index is 1.67. The Hall–Kier alpha value is -2.71. The normalized spacial score (nSPS) is 23.5. The van der Waals surface area contributed by atoms with Crippen molar-refractivity contribution < 1.29 is 18.8 Å². The summed E-state index contributed by atoms with van der Waals surface area (Å²) in [6, 6.07) is 9.20. The van der Waals surface area contributed by atoms with Crippen LogP contribution in [0.5, 0.6) is 0 Å². The monoisotopic (exact) mass is 426 g/mol. The third-order valence-corrected chi connectivity index (χ3v) is 6.26. The molecule has 1 aromatic heterocycles. The fourth-order valence-corrected chi connectivity index (χ4v) is 4.62. The molecule has 2 aromatic rings. The zero-order chi connectivity index (χ0) is 22.1. The Labute approximate surface area is 182 Å². The van der Waals surface area contributed by atoms with Gasteiger partial charge < -0.3 is 24.0 Å². The van der Waals surface area contributed by atoms with Crippen molar-refractivity contribution >= 4 is 11.8 Å². The van der Waals surface area contributed by atoms with Crippen molar-refractivity contribution in [3.8, 4) is 0 Å². The highest BCUT2D eigenvalue weighted by Gasteiger charge is 2.47. The predicted molar refractivity (Wildman–Crippen MR) is 115 cm³/mol. The number of aromatic nitrogens is 1. The highest BCUT2D eigenvalue weighted by molar-refractivity contribution is 5.98. The fourth-order valence-electron chi connectivity index (χ4n) is 4.62. The first kappa shape index (κ1) is 21.5. The summed E-state index contributed by atoms with van der Waals surface area (Å²) < 4.78 is 10.9. The molecule has 0 unspecified atom stereocenters. The number of carbonyl (C=O) groups excluding carboxylic acids is 2. The third kappa shape index (κ3) is 4.22. The molecule has 3 atom stereocenters. The van der Waals surface area contributed by atoms with E-state index in [1.807, 2.05) is 61.2 Å². The van der Waals surface area contributed by atoms with Gasteiger partial charge in [0.1, 0.15) is 11.8 Å². The molecule has 8 heteroatoms. The quantitative estimate of drug-likeness (QED) is 0.700. The maximum Gasteiger partial charge on any atom is 0.277 e. The molecule has 2 saturated heterocycles. The van der Waals surface area contributed by atoms with Crippen LogP contribution in [0.2, 0.25) is 0 Å². The van der Waals surface area contributed by atoms with Crippen LogP contribution in [0.25, 0.3) is 0 Å². The van der Waals surface area contributed by atoms with Crippen molar-refractivity contribution in [3.05, 3.63) is 52.9 Å². The van der Waals surface area contributed by atoms with Crippen LogP contribution in [0.4, 0.5) is 0 Å². The molecule has 8 nitrogen and oxygen atoms in total. The largest absolute Gasteiger partial charge is 0.380 e. The number of hydrogen-bond acceptors (Lipinski definition) is 6. The maximum atomic E-state index is 13.7. The predicted octanol–water partition coefficient (Wildman–Crippen LogP) is 1.73. The van der Waals surface area contributed by atoms with Gasteiger partial charge in [-0.15, -0.1) is 0 Å². The lowest BCUT2D eigenvalue weighted by atomic mass is 9.98. The molecule has 0 bridgehead atoms. The molecule has 1 aromatic carbocycles. The van der Waals surface area contributed by atoms with E-state index in [4.69, 9.17) is 9.26 Å². The summed E-state index contributed by atoms with van der Waals surface area (Å²) in [6.45, 7) is 3.40. The van der Waals surface area contributed by atoms with Gasteiger partial charge >= 0.3 is 0 Å². The van der Waals surface area contributed by atoms with Crippen molar-refractivity contribution in [3.63, 3.8) is 0 Å². The second-order valence-electron chi connectivity index (χ2n) is 8.70. The molecule has 4 rings (SSSR count). The molecule has 2 aliphatic heterocycles. The van der Waals surface area contributed by atoms with E-state index >= 15 is 0 Å². The maximum absolute atomic E-state index is 13.7. The van der Waals surface area contributed by atoms with Gasteiger partial charge in [-0.3, -0.25) is 9.59 Å². The number of amides is 2. The van der Waals surface area contributed by atoms with Gasteiger partial charge in [-0.25, -0.2) is 0 Å². The summed E-state index contributed by atoms with van der Waals surface area (Å²) in [7, 11) is 5.54. The summed E-state index contributed by atoms with van der Waals surface area (Å²) in [5, 5.41) is 4.08. The average molecular weight is 427 g/mol. The fraction of sp³-hybridized carbons (Fsp3) is 0.522. The summed E-state index contributed by atoms with van der Waals surface area (Å²) in [5.74, 6) is 0.354. The van der Waals surface area contributed by atoms with Crippen molar-refractivity contribution in [1.82, 2.24) is 19.9 Å². The number of methoxy groups -OCH3 is 1. The average Bonchev–Trinajstić information content (AvgIpc) is 3.34. The number of nitrogens with zero attached hydrogens (tertiary/aromatic N) is 4. The topological polar surface area (TPSA) is 79.1 Å². The number of piperazine rings is 1. The first-order valence-corrected chi connectivity index (χ1v) is 10.7. The molecular weight excluding hydrogens is 396 g/mol. The van der Waals surface area contributed by atoms with Gasteiger partial charge in [-0.05, 0) is 33.0 Å². The Kier molecular flexibility index (Phi) is 6.11. The lowest BCUT2D eigenvalue weighted by Gasteiger charge is -2.42. The van der Waals surface area contributed by atoms with Crippen molar-refractivity contribution in [1.29, 1.82) is 0 Å². The minimum Gasteiger partial charge on any atom is -0.380 e. The minimum absolute atomic E-state index is 0.0000241. The summed E-state index contributed by atoms with van der Waals surface area (Å²) in [4.78, 5) is 32.8. The van der Waals surface area contributed by atoms with Crippen molar-refractivity contribution in [2.75, 3.05) is 34.3 Å². The van der Waals surface area contributed by atoms with E-state index in [0.717, 1.165) is 17.5 Å². The zero-order valence-corrected chi connectivity index (χ0v) is 18.6. The van der Waals surface area contributed by atoms with E-state index in [2.05, 4.69) is 5.16 Å². The van der Waals surface area contributed by atoms with E-state index in [1.165, 1.54) is 0 Å². The standard InChI is InChI=1S/C23H30N4O4/c1-15-19(14-25(2)3)21(24-31-15)23(29)27-12-17-11-18(30-4)13-26(17)22(28)20(27)10-16-8-6-5-7-9-16/h5-9,17-18,20H,10-14H2,1-4H3/t17-,18-,20-/m0/s1. The van der Waals surface area contributed by atoms with Crippen LogP contribution in [0.15, 0.2) is 34.9 Å². The molecule has 0 saturated carbocycles. The van der Waals surface area contributed by atoms with Crippen LogP contribution in [0.3, 0.4) is 0 Å². The van der Waals surface area contributed by atoms with Gasteiger partial charge in [-0.1, -0.05) is 35.5 Å². The van der Waals surface area contributed by atoms with Crippen molar-refractivity contribution in [2.24, 2.45) is 0 Å². The van der Waals surface area contributed by atoms with Crippen molar-refractivity contribution in [2.45, 2.75) is 44.5 Å². The highest BCUT2D eigenvalue weighted by atomic mass is 16.5. The van der Waals surface area contributed by atoms with Gasteiger partial charge in [0.05, 0.1) is 12.1 Å². The Morgan fingerprint density at radius 1 is 1.26 bits per heavy atom. The summed E-state index contributed by atoms with van der Waals surface area (Å²) >= 11 is 0. The lowest BCUT2D eigenvalue weighted by molar-refractivity contribution is -0.142. The first-order chi connectivity index (χ1) is 14.9. The molecule has 31 heavy (non-hydrogen) atoms. The van der Waals surface area contributed by atoms with E-state index in [-0.39, 0.29) is 24.0 Å². The number of aryl methyl sites for hydroxylation is 1. The molecular formula is C23H30N4O4. The van der Waals surface area contributed by atoms with E-state index in [1.54, 1.807) is 12.0 Å². The molecule has 2 aliphatic rings. The van der Waals surface area contributed by atoms with Crippen LogP contribution in [0, 0.1) is 6.92 Å². The molecule has 0 spiro atoms. The number of hydrogen-bond donors (Lipinski definition) is 0. The second kappa shape index (κ2) is 8.80. The number of rotatable bonds is 6. The number of benzene rings is 1. The van der Waals surface area contributed by atoms with Crippen LogP contribution < -0.4 is 0 Å².